The van der Waals surface area contributed by atoms with Gasteiger partial charge < -0.3 is 10.6 Å². The summed E-state index contributed by atoms with van der Waals surface area (Å²) in [5.41, 5.74) is 1.74. The second-order valence-corrected chi connectivity index (χ2v) is 5.59. The van der Waals surface area contributed by atoms with Gasteiger partial charge in [-0.05, 0) is 30.4 Å². The number of rotatable bonds is 8. The standard InChI is InChI=1S/C18H28N2O2/c1-4-7-10-14(5-2)13-19-17(21)18(22)20-16-12-9-8-11-15(16)6-3/h8-9,11-12,14H,4-7,10,13H2,1-3H3,(H,19,21)(H,20,22)/t14-/m0/s1. The van der Waals surface area contributed by atoms with Crippen molar-refractivity contribution in [1.29, 1.82) is 0 Å². The Morgan fingerprint density at radius 1 is 1.09 bits per heavy atom. The molecular formula is C18H28N2O2. The van der Waals surface area contributed by atoms with E-state index in [0.29, 0.717) is 18.2 Å². The van der Waals surface area contributed by atoms with Gasteiger partial charge in [-0.25, -0.2) is 0 Å². The van der Waals surface area contributed by atoms with Crippen LogP contribution in [0.1, 0.15) is 52.0 Å². The van der Waals surface area contributed by atoms with Gasteiger partial charge in [0.2, 0.25) is 0 Å². The molecule has 0 unspecified atom stereocenters. The van der Waals surface area contributed by atoms with Crippen LogP contribution in [0.2, 0.25) is 0 Å². The Morgan fingerprint density at radius 3 is 2.45 bits per heavy atom. The topological polar surface area (TPSA) is 58.2 Å². The summed E-state index contributed by atoms with van der Waals surface area (Å²) in [5, 5.41) is 5.44. The molecule has 4 heteroatoms. The first kappa shape index (κ1) is 18.2. The molecule has 0 radical (unpaired) electrons. The van der Waals surface area contributed by atoms with Crippen LogP contribution >= 0.6 is 0 Å². The minimum atomic E-state index is -0.591. The van der Waals surface area contributed by atoms with Crippen molar-refractivity contribution in [1.82, 2.24) is 5.32 Å². The summed E-state index contributed by atoms with van der Waals surface area (Å²) in [4.78, 5) is 23.9. The zero-order valence-corrected chi connectivity index (χ0v) is 13.9. The summed E-state index contributed by atoms with van der Waals surface area (Å²) >= 11 is 0. The highest BCUT2D eigenvalue weighted by Crippen LogP contribution is 2.15. The molecule has 0 saturated carbocycles. The van der Waals surface area contributed by atoms with Crippen LogP contribution in [-0.2, 0) is 16.0 Å². The Balaban J connectivity index is 2.49. The molecule has 0 bridgehead atoms. The number of hydrogen-bond acceptors (Lipinski definition) is 2. The van der Waals surface area contributed by atoms with Gasteiger partial charge >= 0.3 is 11.8 Å². The van der Waals surface area contributed by atoms with Gasteiger partial charge in [-0.2, -0.15) is 0 Å². The average molecular weight is 304 g/mol. The van der Waals surface area contributed by atoms with Crippen molar-refractivity contribution in [3.8, 4) is 0 Å². The van der Waals surface area contributed by atoms with Crippen molar-refractivity contribution in [2.75, 3.05) is 11.9 Å². The molecule has 0 aliphatic rings. The maximum Gasteiger partial charge on any atom is 0.313 e. The summed E-state index contributed by atoms with van der Waals surface area (Å²) in [5.74, 6) is -0.702. The number of carbonyl (C=O) groups is 2. The van der Waals surface area contributed by atoms with E-state index in [9.17, 15) is 9.59 Å². The van der Waals surface area contributed by atoms with Gasteiger partial charge in [-0.3, -0.25) is 9.59 Å². The van der Waals surface area contributed by atoms with Gasteiger partial charge in [0, 0.05) is 12.2 Å². The maximum atomic E-state index is 12.0. The minimum absolute atomic E-state index is 0.444. The van der Waals surface area contributed by atoms with E-state index in [-0.39, 0.29) is 0 Å². The molecule has 2 amide bonds. The maximum absolute atomic E-state index is 12.0. The van der Waals surface area contributed by atoms with E-state index in [2.05, 4.69) is 24.5 Å². The van der Waals surface area contributed by atoms with E-state index >= 15 is 0 Å². The van der Waals surface area contributed by atoms with Crippen molar-refractivity contribution < 1.29 is 9.59 Å². The molecule has 0 heterocycles. The van der Waals surface area contributed by atoms with E-state index in [4.69, 9.17) is 0 Å². The van der Waals surface area contributed by atoms with Crippen molar-refractivity contribution in [2.24, 2.45) is 5.92 Å². The Kier molecular flexibility index (Phi) is 8.26. The van der Waals surface area contributed by atoms with Crippen LogP contribution < -0.4 is 10.6 Å². The molecule has 2 N–H and O–H groups in total. The molecule has 1 atom stereocenters. The molecular weight excluding hydrogens is 276 g/mol. The number of unbranched alkanes of at least 4 members (excludes halogenated alkanes) is 1. The van der Waals surface area contributed by atoms with Crippen LogP contribution in [0, 0.1) is 5.92 Å². The van der Waals surface area contributed by atoms with Crippen molar-refractivity contribution in [2.45, 2.75) is 52.9 Å². The minimum Gasteiger partial charge on any atom is -0.348 e. The highest BCUT2D eigenvalue weighted by atomic mass is 16.2. The SMILES string of the molecule is CCCC[C@H](CC)CNC(=O)C(=O)Nc1ccccc1CC. The second kappa shape index (κ2) is 9.98. The molecule has 4 nitrogen and oxygen atoms in total. The third kappa shape index (κ3) is 5.88. The summed E-state index contributed by atoms with van der Waals surface area (Å²) in [6, 6.07) is 7.55. The smallest absolute Gasteiger partial charge is 0.313 e. The fourth-order valence-electron chi connectivity index (χ4n) is 2.39. The van der Waals surface area contributed by atoms with E-state index in [0.717, 1.165) is 37.7 Å². The molecule has 0 aromatic heterocycles. The lowest BCUT2D eigenvalue weighted by Gasteiger charge is -2.15. The fourth-order valence-corrected chi connectivity index (χ4v) is 2.39. The first-order valence-corrected chi connectivity index (χ1v) is 8.29. The number of nitrogens with one attached hydrogen (secondary N) is 2. The van der Waals surface area contributed by atoms with Gasteiger partial charge in [-0.1, -0.05) is 58.2 Å². The summed E-state index contributed by atoms with van der Waals surface area (Å²) < 4.78 is 0. The molecule has 1 aromatic rings. The molecule has 0 fully saturated rings. The zero-order chi connectivity index (χ0) is 16.4. The van der Waals surface area contributed by atoms with Gasteiger partial charge in [0.05, 0.1) is 0 Å². The Bertz CT molecular complexity index is 486. The lowest BCUT2D eigenvalue weighted by atomic mass is 9.99. The van der Waals surface area contributed by atoms with Crippen LogP contribution in [0.4, 0.5) is 5.69 Å². The van der Waals surface area contributed by atoms with Crippen LogP contribution in [0.25, 0.3) is 0 Å². The number of amides is 2. The van der Waals surface area contributed by atoms with E-state index < -0.39 is 11.8 Å². The monoisotopic (exact) mass is 304 g/mol. The van der Waals surface area contributed by atoms with Crippen molar-refractivity contribution in [3.63, 3.8) is 0 Å². The van der Waals surface area contributed by atoms with Crippen molar-refractivity contribution in [3.05, 3.63) is 29.8 Å². The quantitative estimate of drug-likeness (QED) is 0.722. The third-order valence-electron chi connectivity index (χ3n) is 3.95. The zero-order valence-electron chi connectivity index (χ0n) is 13.9. The molecule has 0 aliphatic carbocycles. The Hall–Kier alpha value is -1.84. The van der Waals surface area contributed by atoms with Gasteiger partial charge in [-0.15, -0.1) is 0 Å². The number of carbonyl (C=O) groups excluding carboxylic acids is 2. The van der Waals surface area contributed by atoms with Gasteiger partial charge in [0.25, 0.3) is 0 Å². The second-order valence-electron chi connectivity index (χ2n) is 5.59. The number of para-hydroxylation sites is 1. The van der Waals surface area contributed by atoms with Crippen LogP contribution in [0.15, 0.2) is 24.3 Å². The highest BCUT2D eigenvalue weighted by Gasteiger charge is 2.16. The fraction of sp³-hybridized carbons (Fsp3) is 0.556. The third-order valence-corrected chi connectivity index (χ3v) is 3.95. The van der Waals surface area contributed by atoms with Gasteiger partial charge in [0.15, 0.2) is 0 Å². The predicted molar refractivity (Wildman–Crippen MR) is 90.8 cm³/mol. The molecule has 0 spiro atoms. The first-order valence-electron chi connectivity index (χ1n) is 8.29. The number of aryl methyl sites for hydroxylation is 1. The predicted octanol–water partition coefficient (Wildman–Crippen LogP) is 3.52. The molecule has 122 valence electrons. The summed E-state index contributed by atoms with van der Waals surface area (Å²) in [7, 11) is 0. The Labute approximate surface area is 133 Å². The average Bonchev–Trinajstić information content (AvgIpc) is 2.55. The molecule has 22 heavy (non-hydrogen) atoms. The molecule has 1 aromatic carbocycles. The molecule has 1 rings (SSSR count). The summed E-state index contributed by atoms with van der Waals surface area (Å²) in [6.07, 6.45) is 5.23. The Morgan fingerprint density at radius 2 is 1.82 bits per heavy atom. The lowest BCUT2D eigenvalue weighted by molar-refractivity contribution is -0.136. The summed E-state index contributed by atoms with van der Waals surface area (Å²) in [6.45, 7) is 6.86. The first-order chi connectivity index (χ1) is 10.6. The van der Waals surface area contributed by atoms with Crippen LogP contribution in [0.3, 0.4) is 0 Å². The highest BCUT2D eigenvalue weighted by molar-refractivity contribution is 6.39. The van der Waals surface area contributed by atoms with Gasteiger partial charge in [0.1, 0.15) is 0 Å². The lowest BCUT2D eigenvalue weighted by Crippen LogP contribution is -2.38. The number of hydrogen-bond donors (Lipinski definition) is 2. The molecule has 0 saturated heterocycles. The number of benzene rings is 1. The van der Waals surface area contributed by atoms with E-state index in [1.54, 1.807) is 0 Å². The van der Waals surface area contributed by atoms with E-state index in [1.165, 1.54) is 0 Å². The van der Waals surface area contributed by atoms with E-state index in [1.807, 2.05) is 31.2 Å². The van der Waals surface area contributed by atoms with Crippen LogP contribution in [0.5, 0.6) is 0 Å². The largest absolute Gasteiger partial charge is 0.348 e. The van der Waals surface area contributed by atoms with Crippen molar-refractivity contribution >= 4 is 17.5 Å². The normalized spacial score (nSPS) is 11.8. The number of anilines is 1. The molecule has 0 aliphatic heterocycles. The van der Waals surface area contributed by atoms with Crippen LogP contribution in [-0.4, -0.2) is 18.4 Å².